The number of rotatable bonds is 8. The molecule has 1 unspecified atom stereocenters. The summed E-state index contributed by atoms with van der Waals surface area (Å²) in [4.78, 5) is 33.3. The van der Waals surface area contributed by atoms with Crippen molar-refractivity contribution in [2.75, 3.05) is 13.1 Å². The number of amides is 2. The number of carbonyl (C=O) groups excluding carboxylic acids is 2. The lowest BCUT2D eigenvalue weighted by molar-refractivity contribution is -0.162. The van der Waals surface area contributed by atoms with Gasteiger partial charge in [-0.2, -0.15) is 0 Å². The Kier molecular flexibility index (Phi) is 8.71. The summed E-state index contributed by atoms with van der Waals surface area (Å²) in [6, 6.07) is 9.76. The molecule has 1 aromatic heterocycles. The Labute approximate surface area is 247 Å². The van der Waals surface area contributed by atoms with Gasteiger partial charge in [0.1, 0.15) is 17.3 Å². The van der Waals surface area contributed by atoms with Crippen LogP contribution < -0.4 is 10.1 Å². The van der Waals surface area contributed by atoms with Gasteiger partial charge in [0, 0.05) is 29.5 Å². The summed E-state index contributed by atoms with van der Waals surface area (Å²) in [6.45, 7) is 2.72. The minimum absolute atomic E-state index is 0.0376. The van der Waals surface area contributed by atoms with Gasteiger partial charge in [0.05, 0.1) is 12.6 Å². The maximum atomic E-state index is 14.0. The molecule has 4 fully saturated rings. The van der Waals surface area contributed by atoms with E-state index < -0.39 is 11.6 Å². The van der Waals surface area contributed by atoms with Crippen molar-refractivity contribution >= 4 is 34.8 Å². The number of nitrogens with zero attached hydrogens (tertiary/aromatic N) is 2. The van der Waals surface area contributed by atoms with E-state index >= 15 is 0 Å². The quantitative estimate of drug-likeness (QED) is 0.382. The van der Waals surface area contributed by atoms with Gasteiger partial charge in [-0.1, -0.05) is 55.8 Å². The molecule has 6 rings (SSSR count). The second-order valence-electron chi connectivity index (χ2n) is 12.4. The number of piperidine rings is 1. The molecule has 2 aliphatic heterocycles. The largest absolute Gasteiger partial charge is 0.490 e. The number of halogens is 1. The third kappa shape index (κ3) is 6.07. The summed E-state index contributed by atoms with van der Waals surface area (Å²) in [5.41, 5.74) is 0.284. The van der Waals surface area contributed by atoms with Crippen molar-refractivity contribution in [1.82, 2.24) is 15.1 Å². The molecule has 1 spiro atoms. The van der Waals surface area contributed by atoms with Gasteiger partial charge in [-0.25, -0.2) is 0 Å². The molecule has 1 atom stereocenters. The maximum absolute atomic E-state index is 14.0. The zero-order valence-electron chi connectivity index (χ0n) is 23.4. The van der Waals surface area contributed by atoms with Gasteiger partial charge in [0.25, 0.3) is 0 Å². The molecule has 2 aliphatic carbocycles. The third-order valence-electron chi connectivity index (χ3n) is 9.70. The highest BCUT2D eigenvalue weighted by molar-refractivity contribution is 7.09. The molecule has 1 N–H and O–H groups in total. The average molecular weight is 584 g/mol. The zero-order valence-corrected chi connectivity index (χ0v) is 25.0. The minimum atomic E-state index is -0.788. The molecule has 4 aliphatic rings. The molecule has 6 nitrogen and oxygen atoms in total. The molecule has 3 heterocycles. The summed E-state index contributed by atoms with van der Waals surface area (Å²) in [6.07, 6.45) is 13.2. The highest BCUT2D eigenvalue weighted by atomic mass is 35.5. The van der Waals surface area contributed by atoms with Crippen LogP contribution in [0.1, 0.15) is 87.5 Å². The fourth-order valence-corrected chi connectivity index (χ4v) is 8.25. The van der Waals surface area contributed by atoms with Crippen LogP contribution in [-0.2, 0) is 22.7 Å². The number of likely N-dealkylation sites (tertiary alicyclic amines) is 1. The van der Waals surface area contributed by atoms with Crippen LogP contribution in [0.2, 0.25) is 5.02 Å². The number of piperazine rings is 1. The number of hydrogen-bond donors (Lipinski definition) is 1. The Morgan fingerprint density at radius 1 is 0.975 bits per heavy atom. The van der Waals surface area contributed by atoms with Gasteiger partial charge in [0.2, 0.25) is 11.8 Å². The first-order chi connectivity index (χ1) is 19.5. The average Bonchev–Trinajstić information content (AvgIpc) is 3.68. The van der Waals surface area contributed by atoms with Gasteiger partial charge in [0.15, 0.2) is 0 Å². The van der Waals surface area contributed by atoms with E-state index in [0.29, 0.717) is 31.4 Å². The molecule has 0 radical (unpaired) electrons. The standard InChI is InChI=1S/C32H42ClN3O3S/c33-28-20-26(39-25-9-4-5-10-25)13-12-24(28)21-35-16-14-32(15-17-35)31(38)34-29(19-23-7-2-1-3-8-23)30(37)36(32)22-27-11-6-18-40-27/h6,11-13,18,20,23,25,29H,1-5,7-10,14-17,19,21-22H2,(H,34,38). The van der Waals surface area contributed by atoms with Crippen LogP contribution in [-0.4, -0.2) is 52.4 Å². The Hall–Kier alpha value is -2.09. The van der Waals surface area contributed by atoms with E-state index in [4.69, 9.17) is 16.3 Å². The van der Waals surface area contributed by atoms with E-state index in [-0.39, 0.29) is 11.8 Å². The minimum Gasteiger partial charge on any atom is -0.490 e. The Morgan fingerprint density at radius 3 is 2.42 bits per heavy atom. The third-order valence-corrected chi connectivity index (χ3v) is 10.9. The molecule has 40 heavy (non-hydrogen) atoms. The molecule has 2 saturated carbocycles. The van der Waals surface area contributed by atoms with Gasteiger partial charge in [-0.05, 0) is 80.0 Å². The number of thiophene rings is 1. The fraction of sp³-hybridized carbons (Fsp3) is 0.625. The van der Waals surface area contributed by atoms with Crippen molar-refractivity contribution in [2.45, 2.75) is 108 Å². The molecule has 2 aromatic rings. The normalized spacial score (nSPS) is 24.5. The van der Waals surface area contributed by atoms with Gasteiger partial charge < -0.3 is 15.0 Å². The Morgan fingerprint density at radius 2 is 1.73 bits per heavy atom. The van der Waals surface area contributed by atoms with E-state index in [0.717, 1.165) is 60.1 Å². The summed E-state index contributed by atoms with van der Waals surface area (Å²) in [5.74, 6) is 1.52. The van der Waals surface area contributed by atoms with E-state index in [9.17, 15) is 9.59 Å². The van der Waals surface area contributed by atoms with Gasteiger partial charge >= 0.3 is 0 Å². The van der Waals surface area contributed by atoms with Crippen molar-refractivity contribution in [2.24, 2.45) is 5.92 Å². The Bertz CT molecular complexity index is 1170. The fourth-order valence-electron chi connectivity index (χ4n) is 7.33. The predicted octanol–water partition coefficient (Wildman–Crippen LogP) is 6.56. The molecular formula is C32H42ClN3O3S. The monoisotopic (exact) mass is 583 g/mol. The number of carbonyl (C=O) groups is 2. The van der Waals surface area contributed by atoms with Crippen LogP contribution in [0.25, 0.3) is 0 Å². The molecule has 8 heteroatoms. The highest BCUT2D eigenvalue weighted by Crippen LogP contribution is 2.38. The van der Waals surface area contributed by atoms with Crippen LogP contribution in [0.5, 0.6) is 5.75 Å². The first-order valence-electron chi connectivity index (χ1n) is 15.3. The lowest BCUT2D eigenvalue weighted by Crippen LogP contribution is -2.72. The van der Waals surface area contributed by atoms with Crippen molar-refractivity contribution in [3.05, 3.63) is 51.2 Å². The van der Waals surface area contributed by atoms with Crippen LogP contribution in [0.15, 0.2) is 35.7 Å². The molecule has 2 amide bonds. The predicted molar refractivity (Wildman–Crippen MR) is 160 cm³/mol. The lowest BCUT2D eigenvalue weighted by atomic mass is 9.79. The molecule has 216 valence electrons. The van der Waals surface area contributed by atoms with Crippen molar-refractivity contribution in [1.29, 1.82) is 0 Å². The second-order valence-corrected chi connectivity index (χ2v) is 13.8. The number of nitrogens with one attached hydrogen (secondary N) is 1. The molecule has 0 bridgehead atoms. The summed E-state index contributed by atoms with van der Waals surface area (Å²) in [7, 11) is 0. The second kappa shape index (κ2) is 12.4. The van der Waals surface area contributed by atoms with Crippen LogP contribution >= 0.6 is 22.9 Å². The van der Waals surface area contributed by atoms with Crippen LogP contribution in [0, 0.1) is 5.92 Å². The molecule has 1 aromatic carbocycles. The lowest BCUT2D eigenvalue weighted by Gasteiger charge is -2.52. The summed E-state index contributed by atoms with van der Waals surface area (Å²) in [5, 5.41) is 5.99. The first kappa shape index (κ1) is 28.0. The SMILES string of the molecule is O=C1C(CC2CCCCC2)NC(=O)C2(CCN(Cc3ccc(OC4CCCC4)cc3Cl)CC2)N1Cc1cccs1. The number of benzene rings is 1. The smallest absolute Gasteiger partial charge is 0.246 e. The topological polar surface area (TPSA) is 61.9 Å². The maximum Gasteiger partial charge on any atom is 0.246 e. The number of ether oxygens (including phenoxy) is 1. The first-order valence-corrected chi connectivity index (χ1v) is 16.6. The summed E-state index contributed by atoms with van der Waals surface area (Å²) < 4.78 is 6.13. The highest BCUT2D eigenvalue weighted by Gasteiger charge is 2.53. The van der Waals surface area contributed by atoms with E-state index in [2.05, 4.69) is 22.3 Å². The molecular weight excluding hydrogens is 542 g/mol. The van der Waals surface area contributed by atoms with Gasteiger partial charge in [-0.3, -0.25) is 14.5 Å². The van der Waals surface area contributed by atoms with Crippen molar-refractivity contribution in [3.63, 3.8) is 0 Å². The van der Waals surface area contributed by atoms with Crippen LogP contribution in [0.4, 0.5) is 0 Å². The van der Waals surface area contributed by atoms with Crippen molar-refractivity contribution < 1.29 is 14.3 Å². The van der Waals surface area contributed by atoms with Gasteiger partial charge in [-0.15, -0.1) is 11.3 Å². The molecule has 2 saturated heterocycles. The summed E-state index contributed by atoms with van der Waals surface area (Å²) >= 11 is 8.35. The Balaban J connectivity index is 1.13. The van der Waals surface area contributed by atoms with Crippen LogP contribution in [0.3, 0.4) is 0 Å². The van der Waals surface area contributed by atoms with E-state index in [1.165, 1.54) is 44.9 Å². The zero-order chi connectivity index (χ0) is 27.5. The van der Waals surface area contributed by atoms with E-state index in [1.54, 1.807) is 11.3 Å². The number of hydrogen-bond acceptors (Lipinski definition) is 5. The van der Waals surface area contributed by atoms with Crippen molar-refractivity contribution in [3.8, 4) is 5.75 Å². The van der Waals surface area contributed by atoms with E-state index in [1.807, 2.05) is 28.5 Å².